The lowest BCUT2D eigenvalue weighted by atomic mass is 10.1. The molecule has 1 atom stereocenters. The second-order valence-corrected chi connectivity index (χ2v) is 20.6. The third-order valence-electron chi connectivity index (χ3n) is 13.6. The Bertz CT molecular complexity index is 1160. The van der Waals surface area contributed by atoms with Gasteiger partial charge in [0.2, 0.25) is 0 Å². The Balaban J connectivity index is 4.30. The van der Waals surface area contributed by atoms with E-state index in [4.69, 9.17) is 14.2 Å². The molecule has 0 saturated carbocycles. The summed E-state index contributed by atoms with van der Waals surface area (Å²) in [6, 6.07) is 0. The summed E-state index contributed by atoms with van der Waals surface area (Å²) in [5.74, 6) is -0.873. The molecular weight excluding hydrogens is 853 g/mol. The molecule has 69 heavy (non-hydrogen) atoms. The molecule has 0 aliphatic rings. The van der Waals surface area contributed by atoms with Crippen LogP contribution in [0.5, 0.6) is 0 Å². The Hall–Kier alpha value is -2.37. The fourth-order valence-electron chi connectivity index (χ4n) is 8.96. The quantitative estimate of drug-likeness (QED) is 0.0261. The number of ether oxygens (including phenoxy) is 3. The van der Waals surface area contributed by atoms with Crippen LogP contribution in [0.1, 0.15) is 329 Å². The number of unbranched alkanes of at least 4 members (excludes halogenated alkanes) is 39. The first kappa shape index (κ1) is 66.6. The van der Waals surface area contributed by atoms with Crippen LogP contribution in [0.15, 0.2) is 36.5 Å². The van der Waals surface area contributed by atoms with Gasteiger partial charge in [0.15, 0.2) is 6.10 Å². The molecule has 0 heterocycles. The second-order valence-electron chi connectivity index (χ2n) is 20.6. The molecule has 0 N–H and O–H groups in total. The topological polar surface area (TPSA) is 78.9 Å². The van der Waals surface area contributed by atoms with Crippen LogP contribution in [-0.4, -0.2) is 37.2 Å². The second kappa shape index (κ2) is 58.2. The van der Waals surface area contributed by atoms with Crippen LogP contribution < -0.4 is 0 Å². The molecule has 0 radical (unpaired) electrons. The SMILES string of the molecule is CCCCC/C=C\CCCCCCCC(=O)OCC(COC(=O)CCCCCCCCCCC/C=C\CCCCCCCCCC)OC(=O)CCCCCCCCC/C=C\CCCCCCCCC. The monoisotopic (exact) mass is 969 g/mol. The molecule has 0 aromatic carbocycles. The first-order valence-electron chi connectivity index (χ1n) is 30.5. The molecular formula is C63H116O6. The molecule has 6 heteroatoms. The van der Waals surface area contributed by atoms with Crippen molar-refractivity contribution in [1.82, 2.24) is 0 Å². The summed E-state index contributed by atoms with van der Waals surface area (Å²) in [4.78, 5) is 38.2. The zero-order valence-electron chi connectivity index (χ0n) is 46.3. The summed E-state index contributed by atoms with van der Waals surface area (Å²) in [5, 5.41) is 0. The molecule has 0 fully saturated rings. The molecule has 0 aliphatic heterocycles. The highest BCUT2D eigenvalue weighted by molar-refractivity contribution is 5.71. The maximum absolute atomic E-state index is 12.9. The molecule has 0 rings (SSSR count). The predicted molar refractivity (Wildman–Crippen MR) is 298 cm³/mol. The van der Waals surface area contributed by atoms with Crippen molar-refractivity contribution >= 4 is 17.9 Å². The van der Waals surface area contributed by atoms with E-state index in [9.17, 15) is 14.4 Å². The standard InChI is InChI=1S/C63H116O6/c1-4-7-10-13-16-19-22-25-27-29-31-32-33-35-36-38-41-44-47-50-53-56-62(65)68-59-60(58-67-61(64)55-52-49-46-43-40-24-21-18-15-12-9-6-3)69-63(66)57-54-51-48-45-42-39-37-34-30-28-26-23-20-17-14-11-8-5-2/h18,21,28-31,60H,4-17,19-20,22-27,32-59H2,1-3H3/b21-18-,30-28-,31-29-. The van der Waals surface area contributed by atoms with Crippen LogP contribution in [0.3, 0.4) is 0 Å². The maximum Gasteiger partial charge on any atom is 0.306 e. The van der Waals surface area contributed by atoms with Gasteiger partial charge in [-0.25, -0.2) is 0 Å². The Morgan fingerprint density at radius 2 is 0.478 bits per heavy atom. The lowest BCUT2D eigenvalue weighted by molar-refractivity contribution is -0.167. The predicted octanol–water partition coefficient (Wildman–Crippen LogP) is 20.4. The van der Waals surface area contributed by atoms with Crippen LogP contribution in [-0.2, 0) is 28.6 Å². The van der Waals surface area contributed by atoms with E-state index in [2.05, 4.69) is 57.2 Å². The number of hydrogen-bond donors (Lipinski definition) is 0. The molecule has 0 aliphatic carbocycles. The van der Waals surface area contributed by atoms with Crippen molar-refractivity contribution in [2.24, 2.45) is 0 Å². The summed E-state index contributed by atoms with van der Waals surface area (Å²) < 4.78 is 16.9. The average molecular weight is 970 g/mol. The summed E-state index contributed by atoms with van der Waals surface area (Å²) >= 11 is 0. The van der Waals surface area contributed by atoms with Crippen molar-refractivity contribution < 1.29 is 28.6 Å². The van der Waals surface area contributed by atoms with Crippen molar-refractivity contribution in [2.45, 2.75) is 335 Å². The molecule has 0 amide bonds. The molecule has 0 aromatic rings. The van der Waals surface area contributed by atoms with Crippen LogP contribution in [0.25, 0.3) is 0 Å². The zero-order chi connectivity index (χ0) is 50.0. The van der Waals surface area contributed by atoms with E-state index in [1.807, 2.05) is 0 Å². The zero-order valence-corrected chi connectivity index (χ0v) is 46.3. The Kier molecular flexibility index (Phi) is 56.2. The van der Waals surface area contributed by atoms with Gasteiger partial charge in [0.1, 0.15) is 13.2 Å². The van der Waals surface area contributed by atoms with E-state index in [0.29, 0.717) is 19.3 Å². The van der Waals surface area contributed by atoms with Gasteiger partial charge in [-0.2, -0.15) is 0 Å². The molecule has 0 saturated heterocycles. The lowest BCUT2D eigenvalue weighted by Crippen LogP contribution is -2.30. The number of rotatable bonds is 56. The molecule has 6 nitrogen and oxygen atoms in total. The highest BCUT2D eigenvalue weighted by Crippen LogP contribution is 2.16. The fourth-order valence-corrected chi connectivity index (χ4v) is 8.96. The van der Waals surface area contributed by atoms with Crippen LogP contribution in [0, 0.1) is 0 Å². The largest absolute Gasteiger partial charge is 0.462 e. The number of esters is 3. The summed E-state index contributed by atoms with van der Waals surface area (Å²) in [6.07, 6.45) is 70.0. The molecule has 404 valence electrons. The Labute approximate surface area is 429 Å². The average Bonchev–Trinajstić information content (AvgIpc) is 3.35. The van der Waals surface area contributed by atoms with Gasteiger partial charge in [-0.15, -0.1) is 0 Å². The van der Waals surface area contributed by atoms with E-state index in [0.717, 1.165) is 64.2 Å². The van der Waals surface area contributed by atoms with Crippen molar-refractivity contribution in [3.05, 3.63) is 36.5 Å². The van der Waals surface area contributed by atoms with Crippen LogP contribution >= 0.6 is 0 Å². The summed E-state index contributed by atoms with van der Waals surface area (Å²) in [6.45, 7) is 6.64. The van der Waals surface area contributed by atoms with Gasteiger partial charge in [0.05, 0.1) is 0 Å². The van der Waals surface area contributed by atoms with Gasteiger partial charge >= 0.3 is 17.9 Å². The smallest absolute Gasteiger partial charge is 0.306 e. The van der Waals surface area contributed by atoms with E-state index in [1.54, 1.807) is 0 Å². The fraction of sp³-hybridized carbons (Fsp3) is 0.857. The minimum atomic E-state index is -0.777. The summed E-state index contributed by atoms with van der Waals surface area (Å²) in [7, 11) is 0. The number of hydrogen-bond acceptors (Lipinski definition) is 6. The molecule has 0 aromatic heterocycles. The maximum atomic E-state index is 12.9. The van der Waals surface area contributed by atoms with Gasteiger partial charge < -0.3 is 14.2 Å². The first-order valence-corrected chi connectivity index (χ1v) is 30.5. The number of carbonyl (C=O) groups is 3. The van der Waals surface area contributed by atoms with Crippen molar-refractivity contribution in [1.29, 1.82) is 0 Å². The van der Waals surface area contributed by atoms with Gasteiger partial charge in [0.25, 0.3) is 0 Å². The van der Waals surface area contributed by atoms with Crippen LogP contribution in [0.2, 0.25) is 0 Å². The van der Waals surface area contributed by atoms with Gasteiger partial charge in [0, 0.05) is 19.3 Å². The van der Waals surface area contributed by atoms with E-state index < -0.39 is 6.10 Å². The van der Waals surface area contributed by atoms with Crippen molar-refractivity contribution in [3.63, 3.8) is 0 Å². The Morgan fingerprint density at radius 3 is 0.754 bits per heavy atom. The first-order chi connectivity index (χ1) is 34.0. The van der Waals surface area contributed by atoms with Crippen molar-refractivity contribution in [3.8, 4) is 0 Å². The highest BCUT2D eigenvalue weighted by atomic mass is 16.6. The molecule has 0 bridgehead atoms. The van der Waals surface area contributed by atoms with E-state index >= 15 is 0 Å². The highest BCUT2D eigenvalue weighted by Gasteiger charge is 2.19. The normalized spacial score (nSPS) is 12.2. The van der Waals surface area contributed by atoms with E-state index in [1.165, 1.54) is 225 Å². The van der Waals surface area contributed by atoms with Crippen LogP contribution in [0.4, 0.5) is 0 Å². The third kappa shape index (κ3) is 56.4. The number of allylic oxidation sites excluding steroid dienone is 6. The minimum Gasteiger partial charge on any atom is -0.462 e. The van der Waals surface area contributed by atoms with Gasteiger partial charge in [-0.1, -0.05) is 250 Å². The minimum absolute atomic E-state index is 0.0751. The molecule has 1 unspecified atom stereocenters. The van der Waals surface area contributed by atoms with Crippen molar-refractivity contribution in [2.75, 3.05) is 13.2 Å². The number of carbonyl (C=O) groups excluding carboxylic acids is 3. The lowest BCUT2D eigenvalue weighted by Gasteiger charge is -2.18. The Morgan fingerprint density at radius 1 is 0.275 bits per heavy atom. The van der Waals surface area contributed by atoms with Gasteiger partial charge in [-0.3, -0.25) is 14.4 Å². The van der Waals surface area contributed by atoms with E-state index in [-0.39, 0.29) is 31.1 Å². The van der Waals surface area contributed by atoms with Gasteiger partial charge in [-0.05, 0) is 96.3 Å². The molecule has 0 spiro atoms. The third-order valence-corrected chi connectivity index (χ3v) is 13.6. The summed E-state index contributed by atoms with van der Waals surface area (Å²) in [5.41, 5.74) is 0.